The summed E-state index contributed by atoms with van der Waals surface area (Å²) in [6.07, 6.45) is 1.78. The Bertz CT molecular complexity index is 474. The summed E-state index contributed by atoms with van der Waals surface area (Å²) in [5, 5.41) is 9.73. The van der Waals surface area contributed by atoms with Crippen molar-refractivity contribution in [1.82, 2.24) is 4.98 Å². The maximum absolute atomic E-state index is 9.73. The van der Waals surface area contributed by atoms with Gasteiger partial charge in [-0.2, -0.15) is 0 Å². The van der Waals surface area contributed by atoms with E-state index < -0.39 is 0 Å². The van der Waals surface area contributed by atoms with Crippen molar-refractivity contribution in [3.63, 3.8) is 0 Å². The molecule has 2 aromatic rings. The highest BCUT2D eigenvalue weighted by atomic mass is 16.3. The van der Waals surface area contributed by atoms with Crippen molar-refractivity contribution < 1.29 is 5.11 Å². The number of benzene rings is 1. The zero-order valence-corrected chi connectivity index (χ0v) is 8.86. The molecule has 0 aliphatic carbocycles. The Hall–Kier alpha value is -1.83. The van der Waals surface area contributed by atoms with E-state index in [1.807, 2.05) is 38.1 Å². The van der Waals surface area contributed by atoms with Gasteiger partial charge in [-0.3, -0.25) is 4.98 Å². The molecular weight excluding hydrogens is 186 g/mol. The Morgan fingerprint density at radius 2 is 1.87 bits per heavy atom. The molecule has 0 aliphatic heterocycles. The zero-order chi connectivity index (χ0) is 10.8. The minimum Gasteiger partial charge on any atom is -0.507 e. The third-order valence-electron chi connectivity index (χ3n) is 2.37. The first-order valence-electron chi connectivity index (χ1n) is 4.89. The fraction of sp³-hybridized carbons (Fsp3) is 0.154. The number of nitrogens with zero attached hydrogens (tertiary/aromatic N) is 1. The van der Waals surface area contributed by atoms with Crippen LogP contribution in [0.1, 0.15) is 11.3 Å². The van der Waals surface area contributed by atoms with Crippen LogP contribution >= 0.6 is 0 Å². The van der Waals surface area contributed by atoms with Gasteiger partial charge in [0.25, 0.3) is 0 Å². The van der Waals surface area contributed by atoms with E-state index in [-0.39, 0.29) is 0 Å². The van der Waals surface area contributed by atoms with Gasteiger partial charge in [0.1, 0.15) is 5.75 Å². The zero-order valence-electron chi connectivity index (χ0n) is 8.86. The van der Waals surface area contributed by atoms with Gasteiger partial charge < -0.3 is 5.11 Å². The molecule has 0 saturated carbocycles. The number of phenols is 1. The predicted molar refractivity (Wildman–Crippen MR) is 60.8 cm³/mol. The first-order chi connectivity index (χ1) is 7.16. The lowest BCUT2D eigenvalue weighted by molar-refractivity contribution is 0.477. The van der Waals surface area contributed by atoms with Gasteiger partial charge >= 0.3 is 0 Å². The van der Waals surface area contributed by atoms with Gasteiger partial charge in [0.15, 0.2) is 0 Å². The predicted octanol–water partition coefficient (Wildman–Crippen LogP) is 3.07. The third kappa shape index (κ3) is 1.99. The van der Waals surface area contributed by atoms with Crippen molar-refractivity contribution in [2.45, 2.75) is 13.8 Å². The molecule has 0 radical (unpaired) electrons. The van der Waals surface area contributed by atoms with Gasteiger partial charge in [0.2, 0.25) is 0 Å². The Morgan fingerprint density at radius 1 is 1.07 bits per heavy atom. The Labute approximate surface area is 89.2 Å². The second-order valence-electron chi connectivity index (χ2n) is 3.71. The van der Waals surface area contributed by atoms with Crippen LogP contribution in [0.4, 0.5) is 0 Å². The minimum atomic E-state index is 0.297. The largest absolute Gasteiger partial charge is 0.507 e. The summed E-state index contributed by atoms with van der Waals surface area (Å²) in [5.74, 6) is 0.297. The van der Waals surface area contributed by atoms with E-state index in [0.29, 0.717) is 5.75 Å². The second-order valence-corrected chi connectivity index (χ2v) is 3.71. The van der Waals surface area contributed by atoms with Crippen molar-refractivity contribution >= 4 is 0 Å². The standard InChI is InChI=1S/C13H13NO/c1-9-3-6-13(15)12(7-9)11-5-4-10(2)14-8-11/h3-8,15H,1-2H3. The van der Waals surface area contributed by atoms with Gasteiger partial charge in [-0.05, 0) is 32.0 Å². The van der Waals surface area contributed by atoms with E-state index in [1.165, 1.54) is 0 Å². The monoisotopic (exact) mass is 199 g/mol. The van der Waals surface area contributed by atoms with Crippen LogP contribution in [-0.4, -0.2) is 10.1 Å². The number of hydrogen-bond donors (Lipinski definition) is 1. The van der Waals surface area contributed by atoms with Crippen molar-refractivity contribution in [2.75, 3.05) is 0 Å². The minimum absolute atomic E-state index is 0.297. The number of pyridine rings is 1. The van der Waals surface area contributed by atoms with Gasteiger partial charge in [-0.15, -0.1) is 0 Å². The quantitative estimate of drug-likeness (QED) is 0.765. The van der Waals surface area contributed by atoms with Gasteiger partial charge in [0.05, 0.1) is 0 Å². The topological polar surface area (TPSA) is 33.1 Å². The first-order valence-corrected chi connectivity index (χ1v) is 4.89. The summed E-state index contributed by atoms with van der Waals surface area (Å²) in [7, 11) is 0. The maximum Gasteiger partial charge on any atom is 0.123 e. The lowest BCUT2D eigenvalue weighted by Gasteiger charge is -2.05. The molecule has 2 heteroatoms. The summed E-state index contributed by atoms with van der Waals surface area (Å²) in [5.41, 5.74) is 3.89. The molecular formula is C13H13NO. The molecule has 1 heterocycles. The highest BCUT2D eigenvalue weighted by molar-refractivity contribution is 5.70. The normalized spacial score (nSPS) is 10.3. The highest BCUT2D eigenvalue weighted by Gasteiger charge is 2.04. The van der Waals surface area contributed by atoms with Crippen LogP contribution in [-0.2, 0) is 0 Å². The Balaban J connectivity index is 2.53. The number of rotatable bonds is 1. The van der Waals surface area contributed by atoms with Crippen LogP contribution < -0.4 is 0 Å². The van der Waals surface area contributed by atoms with E-state index in [0.717, 1.165) is 22.4 Å². The molecule has 0 amide bonds. The molecule has 1 aromatic heterocycles. The van der Waals surface area contributed by atoms with E-state index in [1.54, 1.807) is 12.3 Å². The molecule has 1 aromatic carbocycles. The van der Waals surface area contributed by atoms with Crippen molar-refractivity contribution in [3.05, 3.63) is 47.8 Å². The van der Waals surface area contributed by atoms with Crippen molar-refractivity contribution in [2.24, 2.45) is 0 Å². The van der Waals surface area contributed by atoms with Gasteiger partial charge in [-0.1, -0.05) is 17.7 Å². The summed E-state index contributed by atoms with van der Waals surface area (Å²) < 4.78 is 0. The average molecular weight is 199 g/mol. The SMILES string of the molecule is Cc1ccc(O)c(-c2ccc(C)nc2)c1. The van der Waals surface area contributed by atoms with Gasteiger partial charge in [-0.25, -0.2) is 0 Å². The van der Waals surface area contributed by atoms with E-state index in [9.17, 15) is 5.11 Å². The fourth-order valence-electron chi connectivity index (χ4n) is 1.51. The van der Waals surface area contributed by atoms with E-state index in [4.69, 9.17) is 0 Å². The van der Waals surface area contributed by atoms with Crippen LogP contribution in [0.3, 0.4) is 0 Å². The fourth-order valence-corrected chi connectivity index (χ4v) is 1.51. The summed E-state index contributed by atoms with van der Waals surface area (Å²) >= 11 is 0. The summed E-state index contributed by atoms with van der Waals surface area (Å²) in [6.45, 7) is 3.95. The van der Waals surface area contributed by atoms with Gasteiger partial charge in [0, 0.05) is 23.0 Å². The molecule has 0 atom stereocenters. The molecule has 0 bridgehead atoms. The number of aryl methyl sites for hydroxylation is 2. The lowest BCUT2D eigenvalue weighted by Crippen LogP contribution is -1.84. The lowest BCUT2D eigenvalue weighted by atomic mass is 10.0. The molecule has 2 nitrogen and oxygen atoms in total. The first kappa shape index (κ1) is 9.71. The van der Waals surface area contributed by atoms with Crippen LogP contribution in [0.5, 0.6) is 5.75 Å². The summed E-state index contributed by atoms with van der Waals surface area (Å²) in [4.78, 5) is 4.22. The smallest absolute Gasteiger partial charge is 0.123 e. The second kappa shape index (κ2) is 3.73. The van der Waals surface area contributed by atoms with Crippen LogP contribution in [0, 0.1) is 13.8 Å². The Morgan fingerprint density at radius 3 is 2.53 bits per heavy atom. The molecule has 15 heavy (non-hydrogen) atoms. The Kier molecular flexibility index (Phi) is 2.42. The number of aromatic nitrogens is 1. The molecule has 1 N–H and O–H groups in total. The van der Waals surface area contributed by atoms with Crippen LogP contribution in [0.2, 0.25) is 0 Å². The highest BCUT2D eigenvalue weighted by Crippen LogP contribution is 2.29. The molecule has 0 unspecified atom stereocenters. The average Bonchev–Trinajstić information content (AvgIpc) is 2.23. The third-order valence-corrected chi connectivity index (χ3v) is 2.37. The van der Waals surface area contributed by atoms with E-state index >= 15 is 0 Å². The maximum atomic E-state index is 9.73. The summed E-state index contributed by atoms with van der Waals surface area (Å²) in [6, 6.07) is 9.47. The van der Waals surface area contributed by atoms with Crippen molar-refractivity contribution in [1.29, 1.82) is 0 Å². The van der Waals surface area contributed by atoms with Crippen molar-refractivity contribution in [3.8, 4) is 16.9 Å². The molecule has 0 aliphatic rings. The van der Waals surface area contributed by atoms with Crippen LogP contribution in [0.25, 0.3) is 11.1 Å². The number of aromatic hydroxyl groups is 1. The molecule has 76 valence electrons. The number of phenolic OH excluding ortho intramolecular Hbond substituents is 1. The molecule has 0 spiro atoms. The van der Waals surface area contributed by atoms with Crippen LogP contribution in [0.15, 0.2) is 36.5 Å². The molecule has 0 saturated heterocycles. The molecule has 0 fully saturated rings. The van der Waals surface area contributed by atoms with E-state index in [2.05, 4.69) is 4.98 Å². The molecule has 2 rings (SSSR count). The number of hydrogen-bond acceptors (Lipinski definition) is 2.